The van der Waals surface area contributed by atoms with Crippen LogP contribution in [0.5, 0.6) is 5.75 Å². The van der Waals surface area contributed by atoms with Crippen LogP contribution in [0.1, 0.15) is 23.7 Å². The molecule has 0 spiro atoms. The number of nitrogens with two attached hydrogens (primary N) is 1. The highest BCUT2D eigenvalue weighted by Crippen LogP contribution is 2.33. The highest BCUT2D eigenvalue weighted by atomic mass is 16.5. The third-order valence-corrected chi connectivity index (χ3v) is 2.32. The van der Waals surface area contributed by atoms with E-state index in [4.69, 9.17) is 10.5 Å². The van der Waals surface area contributed by atoms with Gasteiger partial charge in [0.1, 0.15) is 5.75 Å². The lowest BCUT2D eigenvalue weighted by Crippen LogP contribution is -2.07. The van der Waals surface area contributed by atoms with Crippen molar-refractivity contribution in [3.05, 3.63) is 23.5 Å². The molecular formula is C9H12N2O. The summed E-state index contributed by atoms with van der Waals surface area (Å²) in [4.78, 5) is 4.24. The third kappa shape index (κ3) is 0.975. The summed E-state index contributed by atoms with van der Waals surface area (Å²) >= 11 is 0. The highest BCUT2D eigenvalue weighted by Gasteiger charge is 2.23. The summed E-state index contributed by atoms with van der Waals surface area (Å²) in [6.07, 6.45) is 3.74. The standard InChI is InChI=1S/C9H12N2O/c1-12-8-4-5-11-9-6(8)2-3-7(9)10/h4-5,7H,2-3,10H2,1H3. The van der Waals surface area contributed by atoms with Gasteiger partial charge in [-0.2, -0.15) is 0 Å². The van der Waals surface area contributed by atoms with Gasteiger partial charge in [-0.1, -0.05) is 0 Å². The van der Waals surface area contributed by atoms with E-state index in [0.717, 1.165) is 24.3 Å². The van der Waals surface area contributed by atoms with E-state index in [-0.39, 0.29) is 6.04 Å². The molecule has 2 N–H and O–H groups in total. The minimum Gasteiger partial charge on any atom is -0.496 e. The maximum absolute atomic E-state index is 5.85. The van der Waals surface area contributed by atoms with Gasteiger partial charge < -0.3 is 10.5 Å². The largest absolute Gasteiger partial charge is 0.496 e. The van der Waals surface area contributed by atoms with Gasteiger partial charge in [-0.25, -0.2) is 0 Å². The van der Waals surface area contributed by atoms with Crippen LogP contribution in [0.3, 0.4) is 0 Å². The Morgan fingerprint density at radius 1 is 1.67 bits per heavy atom. The van der Waals surface area contributed by atoms with Crippen molar-refractivity contribution in [3.8, 4) is 5.75 Å². The fraction of sp³-hybridized carbons (Fsp3) is 0.444. The number of pyridine rings is 1. The first-order valence-corrected chi connectivity index (χ1v) is 4.10. The first kappa shape index (κ1) is 7.55. The number of methoxy groups -OCH3 is 1. The molecule has 3 heteroatoms. The molecule has 1 unspecified atom stereocenters. The van der Waals surface area contributed by atoms with Crippen LogP contribution in [0.2, 0.25) is 0 Å². The van der Waals surface area contributed by atoms with Gasteiger partial charge in [0.2, 0.25) is 0 Å². The Bertz CT molecular complexity index is 299. The molecular weight excluding hydrogens is 152 g/mol. The number of rotatable bonds is 1. The predicted octanol–water partition coefficient (Wildman–Crippen LogP) is 1.04. The molecule has 0 amide bonds. The van der Waals surface area contributed by atoms with E-state index in [0.29, 0.717) is 0 Å². The molecule has 12 heavy (non-hydrogen) atoms. The lowest BCUT2D eigenvalue weighted by atomic mass is 10.2. The van der Waals surface area contributed by atoms with Gasteiger partial charge >= 0.3 is 0 Å². The molecule has 0 aromatic carbocycles. The second kappa shape index (κ2) is 2.75. The number of hydrogen-bond acceptors (Lipinski definition) is 3. The van der Waals surface area contributed by atoms with Crippen molar-refractivity contribution >= 4 is 0 Å². The molecule has 0 fully saturated rings. The maximum Gasteiger partial charge on any atom is 0.125 e. The van der Waals surface area contributed by atoms with Crippen LogP contribution in [0, 0.1) is 0 Å². The molecule has 0 radical (unpaired) electrons. The Kier molecular flexibility index (Phi) is 1.73. The summed E-state index contributed by atoms with van der Waals surface area (Å²) in [6.45, 7) is 0. The summed E-state index contributed by atoms with van der Waals surface area (Å²) in [7, 11) is 1.68. The van der Waals surface area contributed by atoms with Crippen LogP contribution in [-0.2, 0) is 6.42 Å². The van der Waals surface area contributed by atoms with Crippen molar-refractivity contribution in [3.63, 3.8) is 0 Å². The lowest BCUT2D eigenvalue weighted by molar-refractivity contribution is 0.409. The molecule has 3 nitrogen and oxygen atoms in total. The zero-order valence-electron chi connectivity index (χ0n) is 7.08. The van der Waals surface area contributed by atoms with Crippen LogP contribution in [0.25, 0.3) is 0 Å². The molecule has 1 atom stereocenters. The molecule has 0 aliphatic heterocycles. The van der Waals surface area contributed by atoms with E-state index < -0.39 is 0 Å². The Balaban J connectivity index is 2.50. The first-order valence-electron chi connectivity index (χ1n) is 4.10. The number of ether oxygens (including phenoxy) is 1. The second-order valence-corrected chi connectivity index (χ2v) is 3.02. The summed E-state index contributed by atoms with van der Waals surface area (Å²) in [6, 6.07) is 1.99. The quantitative estimate of drug-likeness (QED) is 0.674. The average Bonchev–Trinajstić information content (AvgIpc) is 2.48. The normalized spacial score (nSPS) is 20.7. The SMILES string of the molecule is COc1ccnc2c1CCC2N. The Hall–Kier alpha value is -1.09. The van der Waals surface area contributed by atoms with Crippen LogP contribution >= 0.6 is 0 Å². The highest BCUT2D eigenvalue weighted by molar-refractivity contribution is 5.40. The Morgan fingerprint density at radius 3 is 3.25 bits per heavy atom. The molecule has 64 valence electrons. The summed E-state index contributed by atoms with van der Waals surface area (Å²) < 4.78 is 5.21. The van der Waals surface area contributed by atoms with Gasteiger partial charge in [-0.3, -0.25) is 4.98 Å². The summed E-state index contributed by atoms with van der Waals surface area (Å²) in [5.41, 5.74) is 8.05. The van der Waals surface area contributed by atoms with Crippen LogP contribution in [0.4, 0.5) is 0 Å². The van der Waals surface area contributed by atoms with E-state index in [1.54, 1.807) is 13.3 Å². The van der Waals surface area contributed by atoms with Crippen molar-refractivity contribution in [1.82, 2.24) is 4.98 Å². The van der Waals surface area contributed by atoms with Gasteiger partial charge in [0.05, 0.1) is 12.8 Å². The molecule has 2 rings (SSSR count). The molecule has 0 saturated heterocycles. The minimum atomic E-state index is 0.107. The monoisotopic (exact) mass is 164 g/mol. The lowest BCUT2D eigenvalue weighted by Gasteiger charge is -2.06. The second-order valence-electron chi connectivity index (χ2n) is 3.02. The molecule has 1 aromatic rings. The van der Waals surface area contributed by atoms with Crippen molar-refractivity contribution in [2.75, 3.05) is 7.11 Å². The van der Waals surface area contributed by atoms with E-state index in [2.05, 4.69) is 4.98 Å². The summed E-state index contributed by atoms with van der Waals surface area (Å²) in [5, 5.41) is 0. The van der Waals surface area contributed by atoms with Gasteiger partial charge in [0.25, 0.3) is 0 Å². The average molecular weight is 164 g/mol. The zero-order valence-corrected chi connectivity index (χ0v) is 7.08. The maximum atomic E-state index is 5.85. The smallest absolute Gasteiger partial charge is 0.125 e. The van der Waals surface area contributed by atoms with Gasteiger partial charge in [-0.05, 0) is 18.9 Å². The van der Waals surface area contributed by atoms with Gasteiger partial charge in [-0.15, -0.1) is 0 Å². The van der Waals surface area contributed by atoms with E-state index >= 15 is 0 Å². The van der Waals surface area contributed by atoms with E-state index in [1.165, 1.54) is 5.56 Å². The molecule has 1 heterocycles. The van der Waals surface area contributed by atoms with E-state index in [9.17, 15) is 0 Å². The molecule has 1 aromatic heterocycles. The Labute approximate surface area is 71.6 Å². The first-order chi connectivity index (χ1) is 5.83. The van der Waals surface area contributed by atoms with Crippen LogP contribution in [-0.4, -0.2) is 12.1 Å². The topological polar surface area (TPSA) is 48.1 Å². The van der Waals surface area contributed by atoms with Crippen molar-refractivity contribution in [2.45, 2.75) is 18.9 Å². The van der Waals surface area contributed by atoms with Crippen molar-refractivity contribution in [1.29, 1.82) is 0 Å². The van der Waals surface area contributed by atoms with Gasteiger partial charge in [0.15, 0.2) is 0 Å². The number of fused-ring (bicyclic) bond motifs is 1. The summed E-state index contributed by atoms with van der Waals surface area (Å²) in [5.74, 6) is 0.924. The van der Waals surface area contributed by atoms with Crippen molar-refractivity contribution in [2.24, 2.45) is 5.73 Å². The van der Waals surface area contributed by atoms with Crippen molar-refractivity contribution < 1.29 is 4.74 Å². The Morgan fingerprint density at radius 2 is 2.50 bits per heavy atom. The predicted molar refractivity (Wildman–Crippen MR) is 46.0 cm³/mol. The number of nitrogens with zero attached hydrogens (tertiary/aromatic N) is 1. The molecule has 0 saturated carbocycles. The van der Waals surface area contributed by atoms with Crippen LogP contribution < -0.4 is 10.5 Å². The minimum absolute atomic E-state index is 0.107. The van der Waals surface area contributed by atoms with E-state index in [1.807, 2.05) is 6.07 Å². The molecule has 1 aliphatic carbocycles. The molecule has 0 bridgehead atoms. The fourth-order valence-corrected chi connectivity index (χ4v) is 1.69. The fourth-order valence-electron chi connectivity index (χ4n) is 1.69. The zero-order chi connectivity index (χ0) is 8.55. The third-order valence-electron chi connectivity index (χ3n) is 2.32. The number of hydrogen-bond donors (Lipinski definition) is 1. The number of aromatic nitrogens is 1. The molecule has 1 aliphatic rings. The van der Waals surface area contributed by atoms with Gasteiger partial charge in [0, 0.05) is 17.8 Å². The van der Waals surface area contributed by atoms with Crippen LogP contribution in [0.15, 0.2) is 12.3 Å².